The van der Waals surface area contributed by atoms with Crippen molar-refractivity contribution >= 4 is 23.2 Å². The Bertz CT molecular complexity index is 548. The molecule has 3 rings (SSSR count). The van der Waals surface area contributed by atoms with E-state index in [0.29, 0.717) is 6.04 Å². The van der Waals surface area contributed by atoms with E-state index >= 15 is 0 Å². The molecule has 0 saturated heterocycles. The number of benzene rings is 1. The number of hydrogen-bond acceptors (Lipinski definition) is 2. The van der Waals surface area contributed by atoms with Crippen LogP contribution in [0.2, 0.25) is 5.02 Å². The fourth-order valence-electron chi connectivity index (χ4n) is 1.76. The summed E-state index contributed by atoms with van der Waals surface area (Å²) in [5, 5.41) is 3.25. The SMILES string of the molecule is Fc1ccc(Nc2nccn2C2CC2)cc1Cl. The van der Waals surface area contributed by atoms with Crippen LogP contribution in [0.4, 0.5) is 16.0 Å². The maximum Gasteiger partial charge on any atom is 0.207 e. The van der Waals surface area contributed by atoms with Gasteiger partial charge in [0.25, 0.3) is 0 Å². The highest BCUT2D eigenvalue weighted by Crippen LogP contribution is 2.37. The summed E-state index contributed by atoms with van der Waals surface area (Å²) in [5.74, 6) is 0.359. The number of imidazole rings is 1. The summed E-state index contributed by atoms with van der Waals surface area (Å²) in [6, 6.07) is 5.10. The summed E-state index contributed by atoms with van der Waals surface area (Å²) in [7, 11) is 0. The molecule has 88 valence electrons. The maximum atomic E-state index is 13.0. The van der Waals surface area contributed by atoms with Gasteiger partial charge in [-0.3, -0.25) is 0 Å². The first kappa shape index (κ1) is 10.6. The lowest BCUT2D eigenvalue weighted by Crippen LogP contribution is -2.01. The van der Waals surface area contributed by atoms with Crippen molar-refractivity contribution in [3.8, 4) is 0 Å². The highest BCUT2D eigenvalue weighted by molar-refractivity contribution is 6.31. The first-order valence-corrected chi connectivity index (χ1v) is 5.87. The van der Waals surface area contributed by atoms with E-state index in [-0.39, 0.29) is 5.02 Å². The van der Waals surface area contributed by atoms with E-state index in [1.165, 1.54) is 18.9 Å². The van der Waals surface area contributed by atoms with Gasteiger partial charge >= 0.3 is 0 Å². The largest absolute Gasteiger partial charge is 0.326 e. The molecule has 1 aromatic heterocycles. The van der Waals surface area contributed by atoms with Crippen LogP contribution in [-0.4, -0.2) is 9.55 Å². The Balaban J connectivity index is 1.85. The van der Waals surface area contributed by atoms with E-state index in [9.17, 15) is 4.39 Å². The van der Waals surface area contributed by atoms with Crippen molar-refractivity contribution in [2.24, 2.45) is 0 Å². The Labute approximate surface area is 103 Å². The van der Waals surface area contributed by atoms with E-state index in [2.05, 4.69) is 14.9 Å². The van der Waals surface area contributed by atoms with Crippen LogP contribution in [-0.2, 0) is 0 Å². The van der Waals surface area contributed by atoms with Crippen molar-refractivity contribution in [3.05, 3.63) is 41.4 Å². The Morgan fingerprint density at radius 2 is 2.24 bits per heavy atom. The average Bonchev–Trinajstić information content (AvgIpc) is 3.05. The molecule has 0 spiro atoms. The maximum absolute atomic E-state index is 13.0. The fraction of sp³-hybridized carbons (Fsp3) is 0.250. The predicted molar refractivity (Wildman–Crippen MR) is 65.2 cm³/mol. The summed E-state index contributed by atoms with van der Waals surface area (Å²) < 4.78 is 15.1. The summed E-state index contributed by atoms with van der Waals surface area (Å²) in [5.41, 5.74) is 0.740. The molecule has 0 amide bonds. The molecule has 1 aromatic carbocycles. The molecule has 17 heavy (non-hydrogen) atoms. The van der Waals surface area contributed by atoms with Crippen LogP contribution in [0.5, 0.6) is 0 Å². The zero-order chi connectivity index (χ0) is 11.8. The van der Waals surface area contributed by atoms with Crippen LogP contribution in [0.15, 0.2) is 30.6 Å². The van der Waals surface area contributed by atoms with Gasteiger partial charge in [0.2, 0.25) is 5.95 Å². The average molecular weight is 252 g/mol. The van der Waals surface area contributed by atoms with Crippen molar-refractivity contribution in [3.63, 3.8) is 0 Å². The van der Waals surface area contributed by atoms with Crippen molar-refractivity contribution in [2.75, 3.05) is 5.32 Å². The lowest BCUT2D eigenvalue weighted by atomic mass is 10.3. The van der Waals surface area contributed by atoms with Gasteiger partial charge < -0.3 is 9.88 Å². The lowest BCUT2D eigenvalue weighted by molar-refractivity contribution is 0.628. The van der Waals surface area contributed by atoms with Crippen molar-refractivity contribution in [1.29, 1.82) is 0 Å². The zero-order valence-electron chi connectivity index (χ0n) is 9.03. The van der Waals surface area contributed by atoms with Crippen LogP contribution < -0.4 is 5.32 Å². The second-order valence-electron chi connectivity index (χ2n) is 4.14. The summed E-state index contributed by atoms with van der Waals surface area (Å²) >= 11 is 5.73. The van der Waals surface area contributed by atoms with Crippen LogP contribution in [0.1, 0.15) is 18.9 Å². The number of nitrogens with one attached hydrogen (secondary N) is 1. The highest BCUT2D eigenvalue weighted by atomic mass is 35.5. The van der Waals surface area contributed by atoms with E-state index in [0.717, 1.165) is 11.6 Å². The Kier molecular flexibility index (Phi) is 2.52. The highest BCUT2D eigenvalue weighted by Gasteiger charge is 2.25. The summed E-state index contributed by atoms with van der Waals surface area (Å²) in [4.78, 5) is 4.24. The van der Waals surface area contributed by atoms with Gasteiger partial charge in [0.15, 0.2) is 0 Å². The molecular weight excluding hydrogens is 241 g/mol. The molecule has 1 N–H and O–H groups in total. The zero-order valence-corrected chi connectivity index (χ0v) is 9.78. The molecule has 2 aromatic rings. The van der Waals surface area contributed by atoms with Gasteiger partial charge in [0, 0.05) is 24.1 Å². The third kappa shape index (κ3) is 2.13. The number of aromatic nitrogens is 2. The van der Waals surface area contributed by atoms with Crippen LogP contribution in [0.25, 0.3) is 0 Å². The summed E-state index contributed by atoms with van der Waals surface area (Å²) in [6.45, 7) is 0. The van der Waals surface area contributed by atoms with E-state index in [1.807, 2.05) is 6.20 Å². The molecule has 0 unspecified atom stereocenters. The molecular formula is C12H11ClFN3. The van der Waals surface area contributed by atoms with E-state index < -0.39 is 5.82 Å². The quantitative estimate of drug-likeness (QED) is 0.900. The molecule has 3 nitrogen and oxygen atoms in total. The molecule has 5 heteroatoms. The number of hydrogen-bond donors (Lipinski definition) is 1. The van der Waals surface area contributed by atoms with Gasteiger partial charge in [-0.2, -0.15) is 0 Å². The third-order valence-electron chi connectivity index (χ3n) is 2.78. The summed E-state index contributed by atoms with van der Waals surface area (Å²) in [6.07, 6.45) is 6.08. The predicted octanol–water partition coefficient (Wildman–Crippen LogP) is 3.75. The Morgan fingerprint density at radius 3 is 2.94 bits per heavy atom. The molecule has 0 radical (unpaired) electrons. The number of anilines is 2. The molecule has 1 saturated carbocycles. The van der Waals surface area contributed by atoms with Crippen molar-refractivity contribution in [2.45, 2.75) is 18.9 Å². The number of nitrogens with zero attached hydrogens (tertiary/aromatic N) is 2. The van der Waals surface area contributed by atoms with Gasteiger partial charge in [0.1, 0.15) is 5.82 Å². The first-order valence-electron chi connectivity index (χ1n) is 5.49. The van der Waals surface area contributed by atoms with Crippen LogP contribution in [0, 0.1) is 5.82 Å². The molecule has 1 fully saturated rings. The standard InChI is InChI=1S/C12H11ClFN3/c13-10-7-8(1-4-11(10)14)16-12-15-5-6-17(12)9-2-3-9/h1,4-7,9H,2-3H2,(H,15,16). The number of rotatable bonds is 3. The Morgan fingerprint density at radius 1 is 1.41 bits per heavy atom. The minimum Gasteiger partial charge on any atom is -0.326 e. The smallest absolute Gasteiger partial charge is 0.207 e. The molecule has 0 aliphatic heterocycles. The van der Waals surface area contributed by atoms with E-state index in [4.69, 9.17) is 11.6 Å². The molecule has 1 heterocycles. The lowest BCUT2D eigenvalue weighted by Gasteiger charge is -2.09. The topological polar surface area (TPSA) is 29.9 Å². The second-order valence-corrected chi connectivity index (χ2v) is 4.55. The van der Waals surface area contributed by atoms with Gasteiger partial charge in [-0.1, -0.05) is 11.6 Å². The number of halogens is 2. The Hall–Kier alpha value is -1.55. The van der Waals surface area contributed by atoms with Gasteiger partial charge in [0.05, 0.1) is 5.02 Å². The van der Waals surface area contributed by atoms with E-state index in [1.54, 1.807) is 18.3 Å². The molecule has 1 aliphatic carbocycles. The van der Waals surface area contributed by atoms with Gasteiger partial charge in [-0.25, -0.2) is 9.37 Å². The minimum absolute atomic E-state index is 0.111. The fourth-order valence-corrected chi connectivity index (χ4v) is 1.94. The first-order chi connectivity index (χ1) is 8.24. The third-order valence-corrected chi connectivity index (χ3v) is 3.07. The minimum atomic E-state index is -0.414. The molecule has 1 aliphatic rings. The van der Waals surface area contributed by atoms with Crippen molar-refractivity contribution in [1.82, 2.24) is 9.55 Å². The van der Waals surface area contributed by atoms with Crippen LogP contribution in [0.3, 0.4) is 0 Å². The van der Waals surface area contributed by atoms with Crippen molar-refractivity contribution < 1.29 is 4.39 Å². The second kappa shape index (κ2) is 4.04. The van der Waals surface area contributed by atoms with Gasteiger partial charge in [-0.15, -0.1) is 0 Å². The molecule has 0 bridgehead atoms. The van der Waals surface area contributed by atoms with Gasteiger partial charge in [-0.05, 0) is 31.0 Å². The monoisotopic (exact) mass is 251 g/mol. The molecule has 0 atom stereocenters. The normalized spacial score (nSPS) is 14.9. The van der Waals surface area contributed by atoms with Crippen LogP contribution >= 0.6 is 11.6 Å².